The van der Waals surface area contributed by atoms with E-state index in [0.717, 1.165) is 22.4 Å². The van der Waals surface area contributed by atoms with E-state index in [9.17, 15) is 13.2 Å². The van der Waals surface area contributed by atoms with Crippen molar-refractivity contribution < 1.29 is 13.2 Å². The number of nitrogens with one attached hydrogen (secondary N) is 1. The van der Waals surface area contributed by atoms with Crippen molar-refractivity contribution in [3.63, 3.8) is 0 Å². The summed E-state index contributed by atoms with van der Waals surface area (Å²) in [6.45, 7) is 4.34. The van der Waals surface area contributed by atoms with E-state index >= 15 is 0 Å². The van der Waals surface area contributed by atoms with Gasteiger partial charge in [-0.2, -0.15) is 4.31 Å². The lowest BCUT2D eigenvalue weighted by molar-refractivity contribution is 0.102. The van der Waals surface area contributed by atoms with Crippen LogP contribution >= 0.6 is 11.3 Å². The number of amides is 1. The maximum atomic E-state index is 12.9. The van der Waals surface area contributed by atoms with Crippen molar-refractivity contribution in [2.45, 2.75) is 25.3 Å². The molecule has 0 aliphatic carbocycles. The molecule has 3 aromatic carbocycles. The molecular formula is C26H25N3O3S2. The normalized spacial score (nSPS) is 11.5. The fourth-order valence-electron chi connectivity index (χ4n) is 3.61. The lowest BCUT2D eigenvalue weighted by Crippen LogP contribution is -2.26. The standard InChI is InChI=1S/C26H25N3O3S2/c1-18-9-14-23(19(2)15-18)24-17-33-26(27-24)28-25(30)21-10-12-22(13-11-21)34(31,32)29(3)16-20-7-5-4-6-8-20/h4-15,17H,16H2,1-3H3,(H,27,28,30). The van der Waals surface area contributed by atoms with Crippen LogP contribution in [0.25, 0.3) is 11.3 Å². The molecule has 1 amide bonds. The van der Waals surface area contributed by atoms with Gasteiger partial charge in [-0.1, -0.05) is 54.1 Å². The van der Waals surface area contributed by atoms with Gasteiger partial charge in [0.05, 0.1) is 10.6 Å². The van der Waals surface area contributed by atoms with E-state index in [2.05, 4.69) is 16.4 Å². The van der Waals surface area contributed by atoms with Crippen molar-refractivity contribution in [2.75, 3.05) is 12.4 Å². The van der Waals surface area contributed by atoms with Crippen LogP contribution in [0.15, 0.2) is 83.1 Å². The Hall–Kier alpha value is -3.33. The third kappa shape index (κ3) is 5.25. The van der Waals surface area contributed by atoms with E-state index in [1.807, 2.05) is 61.7 Å². The van der Waals surface area contributed by atoms with Crippen LogP contribution < -0.4 is 5.32 Å². The third-order valence-electron chi connectivity index (χ3n) is 5.46. The number of anilines is 1. The van der Waals surface area contributed by atoms with Gasteiger partial charge in [-0.05, 0) is 49.2 Å². The van der Waals surface area contributed by atoms with Crippen molar-refractivity contribution in [3.8, 4) is 11.3 Å². The number of aryl methyl sites for hydroxylation is 2. The molecule has 0 radical (unpaired) electrons. The first kappa shape index (κ1) is 23.8. The molecule has 0 aliphatic rings. The van der Waals surface area contributed by atoms with Gasteiger partial charge in [-0.3, -0.25) is 10.1 Å². The molecule has 1 N–H and O–H groups in total. The largest absolute Gasteiger partial charge is 0.298 e. The summed E-state index contributed by atoms with van der Waals surface area (Å²) < 4.78 is 27.1. The zero-order chi connectivity index (χ0) is 24.3. The number of sulfonamides is 1. The van der Waals surface area contributed by atoms with Gasteiger partial charge in [0.2, 0.25) is 10.0 Å². The number of benzene rings is 3. The fourth-order valence-corrected chi connectivity index (χ4v) is 5.47. The van der Waals surface area contributed by atoms with Crippen LogP contribution in [0.3, 0.4) is 0 Å². The minimum atomic E-state index is -3.68. The molecule has 0 atom stereocenters. The van der Waals surface area contributed by atoms with Crippen molar-refractivity contribution in [3.05, 3.63) is 100 Å². The Morgan fingerprint density at radius 1 is 1.00 bits per heavy atom. The molecule has 6 nitrogen and oxygen atoms in total. The molecule has 0 saturated heterocycles. The topological polar surface area (TPSA) is 79.4 Å². The van der Waals surface area contributed by atoms with Crippen LogP contribution in [0.1, 0.15) is 27.0 Å². The molecule has 0 bridgehead atoms. The summed E-state index contributed by atoms with van der Waals surface area (Å²) in [5.74, 6) is -0.344. The Morgan fingerprint density at radius 2 is 1.71 bits per heavy atom. The summed E-state index contributed by atoms with van der Waals surface area (Å²) in [7, 11) is -2.14. The molecular weight excluding hydrogens is 466 g/mol. The molecule has 0 fully saturated rings. The maximum Gasteiger partial charge on any atom is 0.257 e. The summed E-state index contributed by atoms with van der Waals surface area (Å²) in [6.07, 6.45) is 0. The SMILES string of the molecule is Cc1ccc(-c2csc(NC(=O)c3ccc(S(=O)(=O)N(C)Cc4ccccc4)cc3)n2)c(C)c1. The van der Waals surface area contributed by atoms with Crippen LogP contribution in [-0.2, 0) is 16.6 Å². The number of thiazole rings is 1. The monoisotopic (exact) mass is 491 g/mol. The molecule has 174 valence electrons. The lowest BCUT2D eigenvalue weighted by atomic mass is 10.0. The number of carbonyl (C=O) groups is 1. The molecule has 0 aliphatic heterocycles. The van der Waals surface area contributed by atoms with Crippen LogP contribution in [0.4, 0.5) is 5.13 Å². The second kappa shape index (κ2) is 9.89. The molecule has 34 heavy (non-hydrogen) atoms. The van der Waals surface area contributed by atoms with Gasteiger partial charge in [0, 0.05) is 30.1 Å². The van der Waals surface area contributed by atoms with Crippen LogP contribution in [0.2, 0.25) is 0 Å². The van der Waals surface area contributed by atoms with E-state index < -0.39 is 10.0 Å². The molecule has 1 aromatic heterocycles. The fraction of sp³-hybridized carbons (Fsp3) is 0.154. The Labute approximate surface area is 204 Å². The molecule has 0 unspecified atom stereocenters. The number of hydrogen-bond donors (Lipinski definition) is 1. The zero-order valence-corrected chi connectivity index (χ0v) is 20.8. The van der Waals surface area contributed by atoms with Gasteiger partial charge in [0.25, 0.3) is 5.91 Å². The Kier molecular flexibility index (Phi) is 6.92. The molecule has 1 heterocycles. The van der Waals surface area contributed by atoms with Gasteiger partial charge in [0.15, 0.2) is 5.13 Å². The molecule has 8 heteroatoms. The highest BCUT2D eigenvalue weighted by Gasteiger charge is 2.21. The quantitative estimate of drug-likeness (QED) is 0.370. The van der Waals surface area contributed by atoms with Crippen molar-refractivity contribution in [1.82, 2.24) is 9.29 Å². The number of nitrogens with zero attached hydrogens (tertiary/aromatic N) is 2. The summed E-state index contributed by atoms with van der Waals surface area (Å²) >= 11 is 1.35. The average Bonchev–Trinajstić information content (AvgIpc) is 3.27. The number of aromatic nitrogens is 1. The number of rotatable bonds is 7. The second-order valence-corrected chi connectivity index (χ2v) is 11.0. The highest BCUT2D eigenvalue weighted by atomic mass is 32.2. The van der Waals surface area contributed by atoms with Crippen LogP contribution in [0, 0.1) is 13.8 Å². The summed E-state index contributed by atoms with van der Waals surface area (Å²) in [5, 5.41) is 5.20. The molecule has 0 spiro atoms. The summed E-state index contributed by atoms with van der Waals surface area (Å²) in [5.41, 5.74) is 5.39. The van der Waals surface area contributed by atoms with Crippen molar-refractivity contribution >= 4 is 32.4 Å². The summed E-state index contributed by atoms with van der Waals surface area (Å²) in [4.78, 5) is 17.4. The highest BCUT2D eigenvalue weighted by molar-refractivity contribution is 7.89. The lowest BCUT2D eigenvalue weighted by Gasteiger charge is -2.17. The van der Waals surface area contributed by atoms with E-state index in [-0.39, 0.29) is 17.3 Å². The first-order valence-corrected chi connectivity index (χ1v) is 13.0. The first-order chi connectivity index (χ1) is 16.2. The van der Waals surface area contributed by atoms with Gasteiger partial charge >= 0.3 is 0 Å². The Balaban J connectivity index is 1.45. The highest BCUT2D eigenvalue weighted by Crippen LogP contribution is 2.28. The smallest absolute Gasteiger partial charge is 0.257 e. The van der Waals surface area contributed by atoms with E-state index in [4.69, 9.17) is 0 Å². The van der Waals surface area contributed by atoms with E-state index in [0.29, 0.717) is 10.7 Å². The van der Waals surface area contributed by atoms with Crippen LogP contribution in [-0.4, -0.2) is 30.7 Å². The number of carbonyl (C=O) groups excluding carboxylic acids is 1. The van der Waals surface area contributed by atoms with Gasteiger partial charge in [-0.25, -0.2) is 13.4 Å². The van der Waals surface area contributed by atoms with E-state index in [1.165, 1.54) is 45.5 Å². The minimum Gasteiger partial charge on any atom is -0.298 e. The Morgan fingerprint density at radius 3 is 2.38 bits per heavy atom. The minimum absolute atomic E-state index is 0.133. The Bertz CT molecular complexity index is 1410. The second-order valence-electron chi connectivity index (χ2n) is 8.08. The van der Waals surface area contributed by atoms with Gasteiger partial charge < -0.3 is 0 Å². The van der Waals surface area contributed by atoms with E-state index in [1.54, 1.807) is 7.05 Å². The average molecular weight is 492 g/mol. The predicted molar refractivity (Wildman–Crippen MR) is 137 cm³/mol. The van der Waals surface area contributed by atoms with Crippen LogP contribution in [0.5, 0.6) is 0 Å². The van der Waals surface area contributed by atoms with Crippen molar-refractivity contribution in [1.29, 1.82) is 0 Å². The third-order valence-corrected chi connectivity index (χ3v) is 8.03. The molecule has 0 saturated carbocycles. The van der Waals surface area contributed by atoms with Gasteiger partial charge in [0.1, 0.15) is 0 Å². The molecule has 4 aromatic rings. The predicted octanol–water partition coefficient (Wildman–Crippen LogP) is 5.50. The molecule has 4 rings (SSSR count). The van der Waals surface area contributed by atoms with Crippen molar-refractivity contribution in [2.24, 2.45) is 0 Å². The first-order valence-electron chi connectivity index (χ1n) is 10.7. The summed E-state index contributed by atoms with van der Waals surface area (Å²) in [6, 6.07) is 21.5. The number of hydrogen-bond acceptors (Lipinski definition) is 5. The van der Waals surface area contributed by atoms with Gasteiger partial charge in [-0.15, -0.1) is 11.3 Å². The zero-order valence-electron chi connectivity index (χ0n) is 19.1. The maximum absolute atomic E-state index is 12.9.